The van der Waals surface area contributed by atoms with Crippen molar-refractivity contribution in [2.24, 2.45) is 5.92 Å². The van der Waals surface area contributed by atoms with Crippen molar-refractivity contribution in [2.75, 3.05) is 19.7 Å². The van der Waals surface area contributed by atoms with E-state index in [1.54, 1.807) is 0 Å². The van der Waals surface area contributed by atoms with E-state index in [-0.39, 0.29) is 5.88 Å². The predicted molar refractivity (Wildman–Crippen MR) is 60.3 cm³/mol. The van der Waals surface area contributed by atoms with Crippen LogP contribution in [0.2, 0.25) is 0 Å². The van der Waals surface area contributed by atoms with Crippen molar-refractivity contribution in [3.05, 3.63) is 23.9 Å². The zero-order valence-corrected chi connectivity index (χ0v) is 9.83. The quantitative estimate of drug-likeness (QED) is 0.903. The second-order valence-electron chi connectivity index (χ2n) is 4.38. The summed E-state index contributed by atoms with van der Waals surface area (Å²) in [5.74, 6) is 0.589. The predicted octanol–water partition coefficient (Wildman–Crippen LogP) is 2.48. The number of aromatic nitrogens is 1. The highest BCUT2D eigenvalue weighted by molar-refractivity contribution is 5.22. The summed E-state index contributed by atoms with van der Waals surface area (Å²) < 4.78 is 42.6. The number of nitrogens with one attached hydrogen (secondary N) is 1. The molecular weight excluding hydrogens is 245 g/mol. The van der Waals surface area contributed by atoms with Crippen LogP contribution in [0.5, 0.6) is 5.88 Å². The highest BCUT2D eigenvalue weighted by atomic mass is 19.4. The maximum absolute atomic E-state index is 12.4. The highest BCUT2D eigenvalue weighted by Crippen LogP contribution is 2.30. The maximum Gasteiger partial charge on any atom is 0.416 e. The normalized spacial score (nSPS) is 20.1. The fraction of sp³-hybridized carbons (Fsp3) is 0.583. The number of nitrogens with zero attached hydrogens (tertiary/aromatic N) is 1. The Morgan fingerprint density at radius 3 is 2.94 bits per heavy atom. The number of hydrogen-bond acceptors (Lipinski definition) is 3. The van der Waals surface area contributed by atoms with Crippen molar-refractivity contribution >= 4 is 0 Å². The summed E-state index contributed by atoms with van der Waals surface area (Å²) in [5, 5.41) is 3.23. The zero-order valence-electron chi connectivity index (χ0n) is 9.83. The number of pyridine rings is 1. The molecule has 2 rings (SSSR count). The molecule has 6 heteroatoms. The molecule has 0 radical (unpaired) electrons. The van der Waals surface area contributed by atoms with Crippen LogP contribution in [0, 0.1) is 5.92 Å². The molecule has 0 bridgehead atoms. The lowest BCUT2D eigenvalue weighted by atomic mass is 10.1. The van der Waals surface area contributed by atoms with Crippen molar-refractivity contribution < 1.29 is 17.9 Å². The van der Waals surface area contributed by atoms with Gasteiger partial charge >= 0.3 is 6.18 Å². The van der Waals surface area contributed by atoms with Gasteiger partial charge in [-0.25, -0.2) is 4.98 Å². The third-order valence-electron chi connectivity index (χ3n) is 3.00. The molecule has 0 amide bonds. The Morgan fingerprint density at radius 2 is 2.28 bits per heavy atom. The van der Waals surface area contributed by atoms with Crippen molar-refractivity contribution in [1.29, 1.82) is 0 Å². The van der Waals surface area contributed by atoms with Gasteiger partial charge in [0.15, 0.2) is 0 Å². The fourth-order valence-corrected chi connectivity index (χ4v) is 1.96. The lowest BCUT2D eigenvalue weighted by Crippen LogP contribution is -2.12. The van der Waals surface area contributed by atoms with Crippen LogP contribution in [0.15, 0.2) is 18.3 Å². The number of alkyl halides is 3. The summed E-state index contributed by atoms with van der Waals surface area (Å²) in [5.41, 5.74) is -0.727. The molecule has 0 aliphatic carbocycles. The van der Waals surface area contributed by atoms with Gasteiger partial charge in [0, 0.05) is 12.3 Å². The van der Waals surface area contributed by atoms with Crippen LogP contribution in [0.4, 0.5) is 13.2 Å². The average Bonchev–Trinajstić information content (AvgIpc) is 2.81. The van der Waals surface area contributed by atoms with E-state index in [1.807, 2.05) is 0 Å². The molecule has 1 saturated heterocycles. The van der Waals surface area contributed by atoms with Crippen LogP contribution < -0.4 is 10.1 Å². The van der Waals surface area contributed by atoms with Gasteiger partial charge < -0.3 is 10.1 Å². The smallest absolute Gasteiger partial charge is 0.416 e. The Labute approximate surface area is 103 Å². The Kier molecular flexibility index (Phi) is 4.06. The molecule has 1 unspecified atom stereocenters. The first-order chi connectivity index (χ1) is 8.55. The molecule has 1 atom stereocenters. The van der Waals surface area contributed by atoms with Crippen LogP contribution in [0.1, 0.15) is 18.4 Å². The fourth-order valence-electron chi connectivity index (χ4n) is 1.96. The molecule has 100 valence electrons. The van der Waals surface area contributed by atoms with E-state index in [2.05, 4.69) is 10.3 Å². The summed E-state index contributed by atoms with van der Waals surface area (Å²) in [6, 6.07) is 1.88. The first-order valence-electron chi connectivity index (χ1n) is 5.92. The molecule has 1 aliphatic heterocycles. The zero-order chi connectivity index (χ0) is 13.0. The monoisotopic (exact) mass is 260 g/mol. The number of halogens is 3. The van der Waals surface area contributed by atoms with Gasteiger partial charge in [-0.1, -0.05) is 0 Å². The molecule has 0 saturated carbocycles. The second kappa shape index (κ2) is 5.56. The number of hydrogen-bond donors (Lipinski definition) is 1. The summed E-state index contributed by atoms with van der Waals surface area (Å²) >= 11 is 0. The van der Waals surface area contributed by atoms with Gasteiger partial charge in [0.2, 0.25) is 5.88 Å². The Morgan fingerprint density at radius 1 is 1.44 bits per heavy atom. The van der Waals surface area contributed by atoms with Crippen LogP contribution >= 0.6 is 0 Å². The van der Waals surface area contributed by atoms with Crippen molar-refractivity contribution in [1.82, 2.24) is 10.3 Å². The van der Waals surface area contributed by atoms with E-state index in [0.717, 1.165) is 44.3 Å². The van der Waals surface area contributed by atoms with Crippen LogP contribution in [-0.4, -0.2) is 24.7 Å². The standard InChI is InChI=1S/C12H15F3N2O/c13-12(14,15)10-2-5-17-11(7-10)18-6-3-9-1-4-16-8-9/h2,5,7,9,16H,1,3-4,6,8H2. The van der Waals surface area contributed by atoms with Gasteiger partial charge in [-0.3, -0.25) is 0 Å². The van der Waals surface area contributed by atoms with Crippen LogP contribution in [0.3, 0.4) is 0 Å². The maximum atomic E-state index is 12.4. The minimum Gasteiger partial charge on any atom is -0.478 e. The van der Waals surface area contributed by atoms with E-state index in [0.29, 0.717) is 12.5 Å². The molecule has 1 aromatic heterocycles. The van der Waals surface area contributed by atoms with Gasteiger partial charge in [-0.05, 0) is 37.9 Å². The van der Waals surface area contributed by atoms with E-state index < -0.39 is 11.7 Å². The molecule has 1 aliphatic rings. The van der Waals surface area contributed by atoms with E-state index in [9.17, 15) is 13.2 Å². The lowest BCUT2D eigenvalue weighted by molar-refractivity contribution is -0.137. The number of rotatable bonds is 4. The minimum absolute atomic E-state index is 0.0378. The Hall–Kier alpha value is -1.30. The van der Waals surface area contributed by atoms with Crippen molar-refractivity contribution in [3.63, 3.8) is 0 Å². The molecule has 0 aromatic carbocycles. The Balaban J connectivity index is 1.85. The number of ether oxygens (including phenoxy) is 1. The third-order valence-corrected chi connectivity index (χ3v) is 3.00. The first kappa shape index (κ1) is 13.1. The third kappa shape index (κ3) is 3.60. The largest absolute Gasteiger partial charge is 0.478 e. The van der Waals surface area contributed by atoms with E-state index in [1.165, 1.54) is 0 Å². The molecule has 0 spiro atoms. The van der Waals surface area contributed by atoms with Crippen LogP contribution in [-0.2, 0) is 6.18 Å². The Bertz CT molecular complexity index is 389. The first-order valence-corrected chi connectivity index (χ1v) is 5.92. The molecule has 1 aromatic rings. The van der Waals surface area contributed by atoms with Crippen molar-refractivity contribution in [3.8, 4) is 5.88 Å². The average molecular weight is 260 g/mol. The topological polar surface area (TPSA) is 34.1 Å². The SMILES string of the molecule is FC(F)(F)c1ccnc(OCCC2CCNC2)c1. The summed E-state index contributed by atoms with van der Waals surface area (Å²) in [6.45, 7) is 2.37. The molecule has 1 fully saturated rings. The summed E-state index contributed by atoms with van der Waals surface area (Å²) in [6.07, 6.45) is -1.30. The van der Waals surface area contributed by atoms with Gasteiger partial charge in [0.05, 0.1) is 12.2 Å². The second-order valence-corrected chi connectivity index (χ2v) is 4.38. The van der Waals surface area contributed by atoms with Gasteiger partial charge in [-0.2, -0.15) is 13.2 Å². The molecular formula is C12H15F3N2O. The van der Waals surface area contributed by atoms with Crippen molar-refractivity contribution in [2.45, 2.75) is 19.0 Å². The van der Waals surface area contributed by atoms with Gasteiger partial charge in [-0.15, -0.1) is 0 Å². The van der Waals surface area contributed by atoms with E-state index >= 15 is 0 Å². The highest BCUT2D eigenvalue weighted by Gasteiger charge is 2.30. The van der Waals surface area contributed by atoms with Gasteiger partial charge in [0.25, 0.3) is 0 Å². The van der Waals surface area contributed by atoms with Gasteiger partial charge in [0.1, 0.15) is 0 Å². The summed E-state index contributed by atoms with van der Waals surface area (Å²) in [4.78, 5) is 3.78. The molecule has 1 N–H and O–H groups in total. The summed E-state index contributed by atoms with van der Waals surface area (Å²) in [7, 11) is 0. The molecule has 18 heavy (non-hydrogen) atoms. The molecule has 2 heterocycles. The lowest BCUT2D eigenvalue weighted by Gasteiger charge is -2.11. The van der Waals surface area contributed by atoms with Crippen LogP contribution in [0.25, 0.3) is 0 Å². The van der Waals surface area contributed by atoms with E-state index in [4.69, 9.17) is 4.74 Å². The minimum atomic E-state index is -4.35. The molecule has 3 nitrogen and oxygen atoms in total.